The molecule has 0 radical (unpaired) electrons. The third-order valence-corrected chi connectivity index (χ3v) is 5.25. The van der Waals surface area contributed by atoms with Gasteiger partial charge in [0.15, 0.2) is 0 Å². The fraction of sp³-hybridized carbons (Fsp3) is 0.280. The second-order valence-corrected chi connectivity index (χ2v) is 7.60. The summed E-state index contributed by atoms with van der Waals surface area (Å²) in [5, 5.41) is 2.22. The van der Waals surface area contributed by atoms with Gasteiger partial charge in [0.05, 0.1) is 17.6 Å². The van der Waals surface area contributed by atoms with Crippen molar-refractivity contribution in [1.82, 2.24) is 9.97 Å². The molecule has 4 nitrogen and oxygen atoms in total. The first-order valence-electron chi connectivity index (χ1n) is 10.2. The SMILES string of the molecule is Cc1cc(OCCCCC(N)c2cc(C)nc3ccccc23)c2ccccc2n1. The van der Waals surface area contributed by atoms with Crippen LogP contribution in [0.3, 0.4) is 0 Å². The number of para-hydroxylation sites is 2. The fourth-order valence-corrected chi connectivity index (χ4v) is 3.84. The first kappa shape index (κ1) is 19.3. The van der Waals surface area contributed by atoms with E-state index in [1.165, 1.54) is 5.56 Å². The van der Waals surface area contributed by atoms with Crippen LogP contribution < -0.4 is 10.5 Å². The maximum atomic E-state index is 6.54. The minimum atomic E-state index is 0.00519. The van der Waals surface area contributed by atoms with E-state index in [0.29, 0.717) is 6.61 Å². The zero-order chi connectivity index (χ0) is 20.2. The molecule has 0 saturated heterocycles. The summed E-state index contributed by atoms with van der Waals surface area (Å²) in [6.07, 6.45) is 2.90. The number of rotatable bonds is 7. The molecule has 148 valence electrons. The van der Waals surface area contributed by atoms with Gasteiger partial charge in [-0.2, -0.15) is 0 Å². The molecule has 4 heteroatoms. The van der Waals surface area contributed by atoms with Crippen molar-refractivity contribution in [2.45, 2.75) is 39.2 Å². The molecule has 1 unspecified atom stereocenters. The van der Waals surface area contributed by atoms with Crippen LogP contribution in [-0.4, -0.2) is 16.6 Å². The molecule has 0 aliphatic rings. The third kappa shape index (κ3) is 4.38. The Bertz CT molecular complexity index is 1140. The number of pyridine rings is 2. The van der Waals surface area contributed by atoms with Crippen molar-refractivity contribution in [2.24, 2.45) is 5.73 Å². The molecule has 2 aromatic heterocycles. The van der Waals surface area contributed by atoms with E-state index in [2.05, 4.69) is 28.2 Å². The van der Waals surface area contributed by atoms with Gasteiger partial charge < -0.3 is 10.5 Å². The van der Waals surface area contributed by atoms with Crippen LogP contribution >= 0.6 is 0 Å². The zero-order valence-electron chi connectivity index (χ0n) is 17.1. The van der Waals surface area contributed by atoms with Crippen LogP contribution in [-0.2, 0) is 0 Å². The normalized spacial score (nSPS) is 12.4. The van der Waals surface area contributed by atoms with Crippen LogP contribution in [0.2, 0.25) is 0 Å². The van der Waals surface area contributed by atoms with Crippen molar-refractivity contribution >= 4 is 21.8 Å². The Morgan fingerprint density at radius 3 is 2.21 bits per heavy atom. The van der Waals surface area contributed by atoms with Gasteiger partial charge in [-0.25, -0.2) is 0 Å². The lowest BCUT2D eigenvalue weighted by atomic mass is 9.97. The molecule has 4 rings (SSSR count). The summed E-state index contributed by atoms with van der Waals surface area (Å²) in [5.41, 5.74) is 11.7. The predicted octanol–water partition coefficient (Wildman–Crippen LogP) is 5.65. The number of fused-ring (bicyclic) bond motifs is 2. The monoisotopic (exact) mass is 385 g/mol. The molecule has 0 spiro atoms. The summed E-state index contributed by atoms with van der Waals surface area (Å²) in [4.78, 5) is 9.18. The van der Waals surface area contributed by atoms with Gasteiger partial charge in [-0.3, -0.25) is 9.97 Å². The number of hydrogen-bond acceptors (Lipinski definition) is 4. The van der Waals surface area contributed by atoms with E-state index >= 15 is 0 Å². The molecule has 0 fully saturated rings. The van der Waals surface area contributed by atoms with Crippen LogP contribution in [0.4, 0.5) is 0 Å². The predicted molar refractivity (Wildman–Crippen MR) is 119 cm³/mol. The quantitative estimate of drug-likeness (QED) is 0.418. The molecule has 2 N–H and O–H groups in total. The average Bonchev–Trinajstić information content (AvgIpc) is 2.72. The molecule has 29 heavy (non-hydrogen) atoms. The van der Waals surface area contributed by atoms with E-state index in [0.717, 1.165) is 58.2 Å². The lowest BCUT2D eigenvalue weighted by Crippen LogP contribution is -2.12. The van der Waals surface area contributed by atoms with Crippen molar-refractivity contribution in [1.29, 1.82) is 0 Å². The minimum Gasteiger partial charge on any atom is -0.493 e. The Kier molecular flexibility index (Phi) is 5.72. The molecule has 0 aliphatic carbocycles. The van der Waals surface area contributed by atoms with Gasteiger partial charge >= 0.3 is 0 Å². The number of aromatic nitrogens is 2. The average molecular weight is 386 g/mol. The summed E-state index contributed by atoms with van der Waals surface area (Å²) < 4.78 is 6.09. The topological polar surface area (TPSA) is 61.0 Å². The molecule has 0 aliphatic heterocycles. The molecule has 1 atom stereocenters. The van der Waals surface area contributed by atoms with Crippen molar-refractivity contribution in [2.75, 3.05) is 6.61 Å². The van der Waals surface area contributed by atoms with Crippen LogP contribution in [0.5, 0.6) is 5.75 Å². The van der Waals surface area contributed by atoms with Crippen molar-refractivity contribution in [3.8, 4) is 5.75 Å². The third-order valence-electron chi connectivity index (χ3n) is 5.25. The molecule has 0 bridgehead atoms. The first-order valence-corrected chi connectivity index (χ1v) is 10.2. The Morgan fingerprint density at radius 1 is 0.828 bits per heavy atom. The fourth-order valence-electron chi connectivity index (χ4n) is 3.84. The largest absolute Gasteiger partial charge is 0.493 e. The lowest BCUT2D eigenvalue weighted by molar-refractivity contribution is 0.306. The highest BCUT2D eigenvalue weighted by Crippen LogP contribution is 2.27. The summed E-state index contributed by atoms with van der Waals surface area (Å²) in [6.45, 7) is 4.70. The number of nitrogens with zero attached hydrogens (tertiary/aromatic N) is 2. The standard InChI is InChI=1S/C25H27N3O/c1-17-15-21(19-9-3-5-12-23(19)27-17)22(26)11-7-8-14-29-25-16-18(2)28-24-13-6-4-10-20(24)25/h3-6,9-10,12-13,15-16,22H,7-8,11,14,26H2,1-2H3. The van der Waals surface area contributed by atoms with E-state index in [-0.39, 0.29) is 6.04 Å². The summed E-state index contributed by atoms with van der Waals surface area (Å²) in [7, 11) is 0. The van der Waals surface area contributed by atoms with Gasteiger partial charge in [0.1, 0.15) is 5.75 Å². The number of benzene rings is 2. The second kappa shape index (κ2) is 8.58. The summed E-state index contributed by atoms with van der Waals surface area (Å²) in [5.74, 6) is 0.910. The molecule has 2 heterocycles. The van der Waals surface area contributed by atoms with Crippen LogP contribution in [0.1, 0.15) is 42.3 Å². The highest BCUT2D eigenvalue weighted by molar-refractivity contribution is 5.85. The Morgan fingerprint density at radius 2 is 1.45 bits per heavy atom. The highest BCUT2D eigenvalue weighted by Gasteiger charge is 2.12. The Hall–Kier alpha value is -2.98. The van der Waals surface area contributed by atoms with E-state index < -0.39 is 0 Å². The van der Waals surface area contributed by atoms with Gasteiger partial charge in [-0.05, 0) is 62.9 Å². The van der Waals surface area contributed by atoms with Gasteiger partial charge in [-0.1, -0.05) is 30.3 Å². The molecular weight excluding hydrogens is 358 g/mol. The zero-order valence-corrected chi connectivity index (χ0v) is 17.1. The molecular formula is C25H27N3O. The second-order valence-electron chi connectivity index (χ2n) is 7.60. The smallest absolute Gasteiger partial charge is 0.130 e. The van der Waals surface area contributed by atoms with Crippen molar-refractivity contribution < 1.29 is 4.74 Å². The molecule has 0 saturated carbocycles. The number of unbranched alkanes of at least 4 members (excludes halogenated alkanes) is 1. The summed E-state index contributed by atoms with van der Waals surface area (Å²) in [6, 6.07) is 20.5. The molecule has 0 amide bonds. The van der Waals surface area contributed by atoms with Crippen LogP contribution in [0.15, 0.2) is 60.7 Å². The van der Waals surface area contributed by atoms with Gasteiger partial charge in [0.2, 0.25) is 0 Å². The van der Waals surface area contributed by atoms with E-state index in [4.69, 9.17) is 10.5 Å². The highest BCUT2D eigenvalue weighted by atomic mass is 16.5. The Balaban J connectivity index is 1.36. The number of aryl methyl sites for hydroxylation is 2. The maximum absolute atomic E-state index is 6.54. The Labute approximate surface area is 171 Å². The molecule has 4 aromatic rings. The van der Waals surface area contributed by atoms with E-state index in [1.54, 1.807) is 0 Å². The molecule has 2 aromatic carbocycles. The van der Waals surface area contributed by atoms with Gasteiger partial charge in [0.25, 0.3) is 0 Å². The van der Waals surface area contributed by atoms with Crippen LogP contribution in [0.25, 0.3) is 21.8 Å². The lowest BCUT2D eigenvalue weighted by Gasteiger charge is -2.16. The van der Waals surface area contributed by atoms with Crippen LogP contribution in [0, 0.1) is 13.8 Å². The van der Waals surface area contributed by atoms with Crippen molar-refractivity contribution in [3.63, 3.8) is 0 Å². The summed E-state index contributed by atoms with van der Waals surface area (Å²) >= 11 is 0. The van der Waals surface area contributed by atoms with Gasteiger partial charge in [0, 0.05) is 34.3 Å². The van der Waals surface area contributed by atoms with E-state index in [1.807, 2.05) is 56.3 Å². The number of nitrogens with two attached hydrogens (primary N) is 1. The first-order chi connectivity index (χ1) is 14.1. The van der Waals surface area contributed by atoms with Crippen molar-refractivity contribution in [3.05, 3.63) is 77.6 Å². The number of hydrogen-bond donors (Lipinski definition) is 1. The maximum Gasteiger partial charge on any atom is 0.130 e. The number of ether oxygens (including phenoxy) is 1. The van der Waals surface area contributed by atoms with E-state index in [9.17, 15) is 0 Å². The minimum absolute atomic E-state index is 0.00519. The van der Waals surface area contributed by atoms with Gasteiger partial charge in [-0.15, -0.1) is 0 Å².